The fourth-order valence-corrected chi connectivity index (χ4v) is 3.12. The van der Waals surface area contributed by atoms with Gasteiger partial charge in [0, 0.05) is 6.20 Å². The molecule has 1 N–H and O–H groups in total. The third-order valence-corrected chi connectivity index (χ3v) is 4.72. The van der Waals surface area contributed by atoms with Gasteiger partial charge in [0.2, 0.25) is 11.7 Å². The van der Waals surface area contributed by atoms with Gasteiger partial charge in [0.25, 0.3) is 5.24 Å². The van der Waals surface area contributed by atoms with Crippen LogP contribution in [-0.2, 0) is 17.6 Å². The SMILES string of the molecule is [2H][C@@]1(Cc2ccc(OCC(=O)c3ccc(CC)cn3)cc2)SC(=O)NC1=O. The number of nitrogens with zero attached hydrogens (tertiary/aromatic N) is 1. The fourth-order valence-electron chi connectivity index (χ4n) is 2.37. The first-order valence-corrected chi connectivity index (χ1v) is 8.95. The highest BCUT2D eigenvalue weighted by atomic mass is 32.2. The molecule has 134 valence electrons. The number of hydrogen-bond donors (Lipinski definition) is 1. The number of ketones is 1. The van der Waals surface area contributed by atoms with Gasteiger partial charge in [0.1, 0.15) is 11.4 Å². The number of ether oxygens (including phenoxy) is 1. The summed E-state index contributed by atoms with van der Waals surface area (Å²) in [5.74, 6) is -0.328. The highest BCUT2D eigenvalue weighted by molar-refractivity contribution is 8.15. The first-order valence-electron chi connectivity index (χ1n) is 8.64. The van der Waals surface area contributed by atoms with Crippen molar-refractivity contribution in [2.24, 2.45) is 0 Å². The maximum Gasteiger partial charge on any atom is 0.286 e. The first kappa shape index (κ1) is 16.8. The van der Waals surface area contributed by atoms with Crippen molar-refractivity contribution >= 4 is 28.7 Å². The molecule has 1 saturated heterocycles. The minimum atomic E-state index is -1.55. The van der Waals surface area contributed by atoms with Crippen LogP contribution in [0, 0.1) is 0 Å². The van der Waals surface area contributed by atoms with E-state index in [9.17, 15) is 14.4 Å². The molecule has 2 amide bonds. The number of nitrogens with one attached hydrogen (secondary N) is 1. The number of Topliss-reactive ketones (excluding diaryl/α,β-unsaturated/α-hetero) is 1. The number of aryl methyl sites for hydroxylation is 1. The zero-order chi connectivity index (χ0) is 19.4. The van der Waals surface area contributed by atoms with E-state index >= 15 is 0 Å². The molecule has 0 aliphatic carbocycles. The van der Waals surface area contributed by atoms with Crippen LogP contribution in [-0.4, -0.2) is 33.7 Å². The Morgan fingerprint density at radius 3 is 2.54 bits per heavy atom. The van der Waals surface area contributed by atoms with Crippen LogP contribution in [0.2, 0.25) is 0 Å². The molecule has 0 radical (unpaired) electrons. The number of aromatic nitrogens is 1. The van der Waals surface area contributed by atoms with Gasteiger partial charge in [0.15, 0.2) is 6.61 Å². The van der Waals surface area contributed by atoms with E-state index in [0.717, 1.165) is 17.5 Å². The van der Waals surface area contributed by atoms with Crippen molar-refractivity contribution in [3.8, 4) is 5.75 Å². The molecule has 2 heterocycles. The number of carbonyl (C=O) groups excluding carboxylic acids is 3. The third-order valence-electron chi connectivity index (χ3n) is 3.86. The minimum absolute atomic E-state index is 0.0994. The highest BCUT2D eigenvalue weighted by Crippen LogP contribution is 2.23. The molecular weight excluding hydrogens is 352 g/mol. The molecule has 2 aromatic rings. The molecule has 7 heteroatoms. The van der Waals surface area contributed by atoms with Crippen molar-refractivity contribution in [2.45, 2.75) is 25.0 Å². The lowest BCUT2D eigenvalue weighted by Crippen LogP contribution is -2.25. The van der Waals surface area contributed by atoms with E-state index in [-0.39, 0.29) is 18.8 Å². The maximum absolute atomic E-state index is 12.1. The van der Waals surface area contributed by atoms with E-state index in [1.54, 1.807) is 36.5 Å². The number of thioether (sulfide) groups is 1. The van der Waals surface area contributed by atoms with E-state index in [4.69, 9.17) is 6.11 Å². The summed E-state index contributed by atoms with van der Waals surface area (Å²) < 4.78 is 13.6. The lowest BCUT2D eigenvalue weighted by atomic mass is 10.1. The second kappa shape index (κ2) is 8.14. The minimum Gasteiger partial charge on any atom is -0.485 e. The van der Waals surface area contributed by atoms with E-state index in [0.29, 0.717) is 23.2 Å². The predicted molar refractivity (Wildman–Crippen MR) is 98.5 cm³/mol. The van der Waals surface area contributed by atoms with Crippen molar-refractivity contribution in [3.05, 3.63) is 59.4 Å². The first-order chi connectivity index (χ1) is 12.9. The molecule has 1 fully saturated rings. The van der Waals surface area contributed by atoms with Crippen LogP contribution in [0.1, 0.15) is 29.9 Å². The molecule has 1 aliphatic rings. The summed E-state index contributed by atoms with van der Waals surface area (Å²) in [6.07, 6.45) is 2.64. The van der Waals surface area contributed by atoms with Crippen LogP contribution in [0.25, 0.3) is 0 Å². The predicted octanol–water partition coefficient (Wildman–Crippen LogP) is 2.80. The quantitative estimate of drug-likeness (QED) is 0.754. The Kier molecular flexibility index (Phi) is 5.25. The van der Waals surface area contributed by atoms with Crippen molar-refractivity contribution in [2.75, 3.05) is 6.61 Å². The summed E-state index contributed by atoms with van der Waals surface area (Å²) in [5, 5.41) is 0.0686. The second-order valence-corrected chi connectivity index (χ2v) is 6.77. The Morgan fingerprint density at radius 2 is 1.96 bits per heavy atom. The molecule has 26 heavy (non-hydrogen) atoms. The Hall–Kier alpha value is -2.67. The largest absolute Gasteiger partial charge is 0.485 e. The molecule has 6 nitrogen and oxygen atoms in total. The fraction of sp³-hybridized carbons (Fsp3) is 0.263. The lowest BCUT2D eigenvalue weighted by molar-refractivity contribution is -0.118. The van der Waals surface area contributed by atoms with Gasteiger partial charge in [-0.1, -0.05) is 36.9 Å². The number of hydrogen-bond acceptors (Lipinski definition) is 6. The molecule has 3 rings (SSSR count). The van der Waals surface area contributed by atoms with Gasteiger partial charge in [-0.3, -0.25) is 24.7 Å². The summed E-state index contributed by atoms with van der Waals surface area (Å²) in [7, 11) is 0. The summed E-state index contributed by atoms with van der Waals surface area (Å²) in [5.41, 5.74) is 2.14. The van der Waals surface area contributed by atoms with Gasteiger partial charge in [-0.15, -0.1) is 0 Å². The average Bonchev–Trinajstić information content (AvgIpc) is 2.92. The molecule has 0 unspecified atom stereocenters. The summed E-state index contributed by atoms with van der Waals surface area (Å²) >= 11 is 0.674. The Bertz CT molecular complexity index is 870. The van der Waals surface area contributed by atoms with Gasteiger partial charge in [0.05, 0.1) is 6.60 Å². The van der Waals surface area contributed by atoms with E-state index in [2.05, 4.69) is 10.3 Å². The molecular formula is C19H18N2O4S. The van der Waals surface area contributed by atoms with Crippen LogP contribution in [0.15, 0.2) is 42.6 Å². The van der Waals surface area contributed by atoms with E-state index < -0.39 is 16.4 Å². The molecule has 1 aliphatic heterocycles. The smallest absolute Gasteiger partial charge is 0.286 e. The summed E-state index contributed by atoms with van der Waals surface area (Å²) in [4.78, 5) is 39.3. The normalized spacial score (nSPS) is 19.8. The number of rotatable bonds is 7. The Balaban J connectivity index is 1.56. The van der Waals surface area contributed by atoms with Gasteiger partial charge in [-0.2, -0.15) is 0 Å². The number of benzene rings is 1. The topological polar surface area (TPSA) is 85.4 Å². The van der Waals surface area contributed by atoms with Crippen LogP contribution in [0.5, 0.6) is 5.75 Å². The van der Waals surface area contributed by atoms with Gasteiger partial charge >= 0.3 is 0 Å². The highest BCUT2D eigenvalue weighted by Gasteiger charge is 2.31. The van der Waals surface area contributed by atoms with Crippen molar-refractivity contribution in [1.29, 1.82) is 0 Å². The van der Waals surface area contributed by atoms with Gasteiger partial charge in [-0.25, -0.2) is 0 Å². The molecule has 0 spiro atoms. The van der Waals surface area contributed by atoms with Gasteiger partial charge < -0.3 is 4.74 Å². The Labute approximate surface area is 156 Å². The Morgan fingerprint density at radius 1 is 1.23 bits per heavy atom. The number of imide groups is 1. The van der Waals surface area contributed by atoms with E-state index in [1.807, 2.05) is 13.0 Å². The third kappa shape index (κ3) is 4.49. The molecule has 1 aromatic carbocycles. The lowest BCUT2D eigenvalue weighted by Gasteiger charge is -2.08. The molecule has 0 saturated carbocycles. The van der Waals surface area contributed by atoms with Gasteiger partial charge in [-0.05, 0) is 42.2 Å². The number of carbonyl (C=O) groups is 3. The molecule has 1 atom stereocenters. The van der Waals surface area contributed by atoms with Crippen molar-refractivity contribution in [3.63, 3.8) is 0 Å². The molecule has 1 aromatic heterocycles. The van der Waals surface area contributed by atoms with Crippen molar-refractivity contribution in [1.82, 2.24) is 10.3 Å². The monoisotopic (exact) mass is 371 g/mol. The average molecular weight is 371 g/mol. The zero-order valence-corrected chi connectivity index (χ0v) is 15.0. The standard InChI is InChI=1S/C19H18N2O4S/c1-2-12-5-8-15(20-10-12)16(22)11-25-14-6-3-13(4-7-14)9-17-18(23)21-19(24)26-17/h3-8,10,17H,2,9,11H2,1H3,(H,21,23,24)/t17-/m0/s1/i17D. The van der Waals surface area contributed by atoms with E-state index in [1.165, 1.54) is 0 Å². The number of pyridine rings is 1. The maximum atomic E-state index is 12.1. The van der Waals surface area contributed by atoms with Crippen molar-refractivity contribution < 1.29 is 20.5 Å². The van der Waals surface area contributed by atoms with Crippen LogP contribution in [0.3, 0.4) is 0 Å². The molecule has 0 bridgehead atoms. The van der Waals surface area contributed by atoms with Crippen LogP contribution >= 0.6 is 11.8 Å². The second-order valence-electron chi connectivity index (χ2n) is 5.70. The van der Waals surface area contributed by atoms with Crippen LogP contribution < -0.4 is 10.1 Å². The summed E-state index contributed by atoms with van der Waals surface area (Å²) in [6, 6.07) is 10.3. The zero-order valence-electron chi connectivity index (χ0n) is 15.2. The summed E-state index contributed by atoms with van der Waals surface area (Å²) in [6.45, 7) is 1.89. The number of amides is 2. The van der Waals surface area contributed by atoms with Crippen LogP contribution in [0.4, 0.5) is 4.79 Å².